The van der Waals surface area contributed by atoms with Crippen molar-refractivity contribution in [2.24, 2.45) is 0 Å². The van der Waals surface area contributed by atoms with Crippen molar-refractivity contribution in [3.05, 3.63) is 78.1 Å². The van der Waals surface area contributed by atoms with Crippen LogP contribution in [-0.4, -0.2) is 52.1 Å². The van der Waals surface area contributed by atoms with E-state index in [-0.39, 0.29) is 25.4 Å². The molecule has 2 rings (SSSR count). The maximum Gasteiger partial charge on any atom is 0.338 e. The van der Waals surface area contributed by atoms with Crippen LogP contribution in [0.1, 0.15) is 15.9 Å². The summed E-state index contributed by atoms with van der Waals surface area (Å²) in [5.41, 5.74) is 1.91. The Kier molecular flexibility index (Phi) is 9.54. The Bertz CT molecular complexity index is 789. The van der Waals surface area contributed by atoms with Gasteiger partial charge in [-0.15, -0.1) is 0 Å². The number of esters is 2. The second kappa shape index (κ2) is 12.4. The van der Waals surface area contributed by atoms with Gasteiger partial charge in [-0.25, -0.2) is 14.2 Å². The summed E-state index contributed by atoms with van der Waals surface area (Å²) in [6.07, 6.45) is 3.69. The summed E-state index contributed by atoms with van der Waals surface area (Å²) in [5.74, 6) is -0.893. The smallest absolute Gasteiger partial charge is 0.338 e. The molecule has 0 radical (unpaired) electrons. The predicted octanol–water partition coefficient (Wildman–Crippen LogP) is 1.94. The van der Waals surface area contributed by atoms with Crippen molar-refractivity contribution in [2.45, 2.75) is 6.54 Å². The highest BCUT2D eigenvalue weighted by atomic mass is 16.6. The quantitative estimate of drug-likeness (QED) is 0.235. The maximum absolute atomic E-state index is 12.1. The third kappa shape index (κ3) is 8.25. The van der Waals surface area contributed by atoms with E-state index in [9.17, 15) is 9.59 Å². The normalized spacial score (nSPS) is 10.4. The molecule has 0 saturated carbocycles. The average molecular weight is 400 g/mol. The van der Waals surface area contributed by atoms with Gasteiger partial charge in [0.05, 0.1) is 44.7 Å². The van der Waals surface area contributed by atoms with E-state index in [1.54, 1.807) is 12.1 Å². The van der Waals surface area contributed by atoms with Gasteiger partial charge in [0.15, 0.2) is 18.9 Å². The summed E-state index contributed by atoms with van der Waals surface area (Å²) in [4.78, 5) is 23.2. The first-order valence-electron chi connectivity index (χ1n) is 9.22. The van der Waals surface area contributed by atoms with Crippen LogP contribution in [0, 0.1) is 0 Å². The molecule has 0 spiro atoms. The van der Waals surface area contributed by atoms with Crippen LogP contribution in [0.5, 0.6) is 0 Å². The predicted molar refractivity (Wildman–Crippen MR) is 105 cm³/mol. The summed E-state index contributed by atoms with van der Waals surface area (Å²) >= 11 is 0. The van der Waals surface area contributed by atoms with Crippen LogP contribution in [-0.2, 0) is 30.3 Å². The average Bonchev–Trinajstić information content (AvgIpc) is 2.75. The second-order valence-corrected chi connectivity index (χ2v) is 6.14. The van der Waals surface area contributed by atoms with E-state index in [0.29, 0.717) is 18.8 Å². The molecule has 0 amide bonds. The number of aromatic nitrogens is 1. The molecule has 154 valence electrons. The zero-order valence-corrected chi connectivity index (χ0v) is 16.5. The number of carbonyl (C=O) groups is 2. The van der Waals surface area contributed by atoms with Gasteiger partial charge < -0.3 is 18.9 Å². The number of carbonyl (C=O) groups excluding carboxylic acids is 2. The lowest BCUT2D eigenvalue weighted by Gasteiger charge is -2.07. The van der Waals surface area contributed by atoms with Gasteiger partial charge >= 0.3 is 11.9 Å². The minimum absolute atomic E-state index is 0.0866. The molecule has 0 aliphatic heterocycles. The minimum atomic E-state index is -0.496. The lowest BCUT2D eigenvalue weighted by molar-refractivity contribution is -0.688. The van der Waals surface area contributed by atoms with Gasteiger partial charge in [0.1, 0.15) is 6.61 Å². The van der Waals surface area contributed by atoms with Gasteiger partial charge in [0, 0.05) is 17.7 Å². The number of methoxy groups -OCH3 is 1. The topological polar surface area (TPSA) is 74.9 Å². The molecule has 0 saturated heterocycles. The number of hydrogen-bond acceptors (Lipinski definition) is 6. The number of hydrogen-bond donors (Lipinski definition) is 0. The fourth-order valence-electron chi connectivity index (χ4n) is 2.39. The van der Waals surface area contributed by atoms with Crippen LogP contribution in [0.15, 0.2) is 67.0 Å². The lowest BCUT2D eigenvalue weighted by atomic mass is 10.2. The zero-order valence-electron chi connectivity index (χ0n) is 16.5. The van der Waals surface area contributed by atoms with Crippen molar-refractivity contribution < 1.29 is 33.1 Å². The molecule has 1 aromatic heterocycles. The van der Waals surface area contributed by atoms with E-state index in [0.717, 1.165) is 6.54 Å². The summed E-state index contributed by atoms with van der Waals surface area (Å²) in [6, 6.07) is 13.5. The van der Waals surface area contributed by atoms with Crippen molar-refractivity contribution >= 4 is 11.9 Å². The second-order valence-electron chi connectivity index (χ2n) is 6.14. The first-order chi connectivity index (χ1) is 14.1. The Hall–Kier alpha value is -3.03. The van der Waals surface area contributed by atoms with Crippen molar-refractivity contribution in [1.29, 1.82) is 0 Å². The minimum Gasteiger partial charge on any atom is -0.466 e. The van der Waals surface area contributed by atoms with Crippen LogP contribution >= 0.6 is 0 Å². The fraction of sp³-hybridized carbons (Fsp3) is 0.318. The molecule has 0 unspecified atom stereocenters. The van der Waals surface area contributed by atoms with E-state index in [2.05, 4.69) is 23.4 Å². The molecule has 0 fully saturated rings. The molecule has 29 heavy (non-hydrogen) atoms. The standard InChI is InChI=1S/C22H26NO6/c1-18(21(24)26-2)17-28-13-12-27-14-15-29-22(25)20-8-10-23(11-9-20)16-19-6-4-3-5-7-19/h3-11H,1,12-17H2,2H3/q+1. The molecule has 0 aliphatic rings. The number of benzene rings is 1. The molecular formula is C22H26NO6+. The SMILES string of the molecule is C=C(COCCOCCOC(=O)c1cc[n+](Cc2ccccc2)cc1)C(=O)OC. The molecule has 1 heterocycles. The van der Waals surface area contributed by atoms with Gasteiger partial charge in [0.2, 0.25) is 0 Å². The Morgan fingerprint density at radius 2 is 1.59 bits per heavy atom. The van der Waals surface area contributed by atoms with Gasteiger partial charge in [-0.1, -0.05) is 36.9 Å². The number of pyridine rings is 1. The van der Waals surface area contributed by atoms with E-state index in [1.807, 2.05) is 35.2 Å². The van der Waals surface area contributed by atoms with Crippen LogP contribution in [0.25, 0.3) is 0 Å². The molecule has 0 N–H and O–H groups in total. The molecule has 0 bridgehead atoms. The molecule has 7 heteroatoms. The highest BCUT2D eigenvalue weighted by molar-refractivity contribution is 5.89. The fourth-order valence-corrected chi connectivity index (χ4v) is 2.39. The van der Waals surface area contributed by atoms with Crippen LogP contribution in [0.2, 0.25) is 0 Å². The highest BCUT2D eigenvalue weighted by Crippen LogP contribution is 2.01. The van der Waals surface area contributed by atoms with Crippen molar-refractivity contribution in [2.75, 3.05) is 40.1 Å². The summed E-state index contributed by atoms with van der Waals surface area (Å²) < 4.78 is 22.2. The van der Waals surface area contributed by atoms with Crippen molar-refractivity contribution in [1.82, 2.24) is 0 Å². The van der Waals surface area contributed by atoms with Gasteiger partial charge in [-0.3, -0.25) is 0 Å². The molecule has 0 aliphatic carbocycles. The Morgan fingerprint density at radius 3 is 2.28 bits per heavy atom. The Labute approximate surface area is 170 Å². The van der Waals surface area contributed by atoms with E-state index in [4.69, 9.17) is 14.2 Å². The van der Waals surface area contributed by atoms with Crippen LogP contribution in [0.3, 0.4) is 0 Å². The number of nitrogens with zero attached hydrogens (tertiary/aromatic N) is 1. The summed E-state index contributed by atoms with van der Waals surface area (Å²) in [7, 11) is 1.29. The molecule has 1 aromatic carbocycles. The third-order valence-electron chi connectivity index (χ3n) is 3.92. The monoisotopic (exact) mass is 400 g/mol. The van der Waals surface area contributed by atoms with E-state index < -0.39 is 11.9 Å². The third-order valence-corrected chi connectivity index (χ3v) is 3.92. The van der Waals surface area contributed by atoms with Gasteiger partial charge in [-0.2, -0.15) is 0 Å². The Morgan fingerprint density at radius 1 is 0.931 bits per heavy atom. The van der Waals surface area contributed by atoms with Crippen LogP contribution in [0.4, 0.5) is 0 Å². The number of rotatable bonds is 12. The summed E-state index contributed by atoms with van der Waals surface area (Å²) in [5, 5.41) is 0. The van der Waals surface area contributed by atoms with Gasteiger partial charge in [0.25, 0.3) is 0 Å². The van der Waals surface area contributed by atoms with Crippen molar-refractivity contribution in [3.63, 3.8) is 0 Å². The molecule has 2 aromatic rings. The van der Waals surface area contributed by atoms with Crippen LogP contribution < -0.4 is 4.57 Å². The largest absolute Gasteiger partial charge is 0.466 e. The highest BCUT2D eigenvalue weighted by Gasteiger charge is 2.10. The zero-order chi connectivity index (χ0) is 20.9. The van der Waals surface area contributed by atoms with Gasteiger partial charge in [-0.05, 0) is 0 Å². The first kappa shape index (κ1) is 22.3. The van der Waals surface area contributed by atoms with E-state index in [1.165, 1.54) is 12.7 Å². The molecule has 7 nitrogen and oxygen atoms in total. The first-order valence-corrected chi connectivity index (χ1v) is 9.22. The summed E-state index contributed by atoms with van der Waals surface area (Å²) in [6.45, 7) is 5.38. The number of ether oxygens (including phenoxy) is 4. The molecular weight excluding hydrogens is 374 g/mol. The molecule has 0 atom stereocenters. The Balaban J connectivity index is 1.58. The van der Waals surface area contributed by atoms with E-state index >= 15 is 0 Å². The maximum atomic E-state index is 12.1. The lowest BCUT2D eigenvalue weighted by Crippen LogP contribution is -2.33. The van der Waals surface area contributed by atoms with Crippen molar-refractivity contribution in [3.8, 4) is 0 Å².